The molecule has 4 heteroatoms. The predicted molar refractivity (Wildman–Crippen MR) is 56.4 cm³/mol. The van der Waals surface area contributed by atoms with Gasteiger partial charge in [-0.1, -0.05) is 0 Å². The number of nitrogens with one attached hydrogen (secondary N) is 1. The van der Waals surface area contributed by atoms with Crippen molar-refractivity contribution in [3.05, 3.63) is 0 Å². The normalized spacial score (nSPS) is 32.8. The van der Waals surface area contributed by atoms with Gasteiger partial charge in [-0.05, 0) is 21.0 Å². The number of ether oxygens (including phenoxy) is 1. The first-order valence-corrected chi connectivity index (χ1v) is 5.24. The summed E-state index contributed by atoms with van der Waals surface area (Å²) in [6.07, 6.45) is 0.692. The minimum atomic E-state index is -0.660. The number of hydrogen-bond acceptors (Lipinski definition) is 4. The molecule has 2 atom stereocenters. The van der Waals surface area contributed by atoms with Gasteiger partial charge in [0, 0.05) is 32.7 Å². The lowest BCUT2D eigenvalue weighted by atomic mass is 9.97. The number of rotatable bonds is 5. The summed E-state index contributed by atoms with van der Waals surface area (Å²) in [5, 5.41) is 13.4. The van der Waals surface area contributed by atoms with Crippen LogP contribution in [0.2, 0.25) is 0 Å². The second-order valence-corrected chi connectivity index (χ2v) is 4.35. The molecule has 0 amide bonds. The minimum Gasteiger partial charge on any atom is -0.386 e. The molecule has 2 unspecified atom stereocenters. The Labute approximate surface area is 86.2 Å². The number of likely N-dealkylation sites (N-methyl/N-ethyl adjacent to an activating group) is 1. The summed E-state index contributed by atoms with van der Waals surface area (Å²) in [6, 6.07) is 0. The van der Waals surface area contributed by atoms with E-state index in [1.54, 1.807) is 0 Å². The quantitative estimate of drug-likeness (QED) is 0.600. The lowest BCUT2D eigenvalue weighted by molar-refractivity contribution is -0.0261. The van der Waals surface area contributed by atoms with E-state index in [-0.39, 0.29) is 6.10 Å². The van der Waals surface area contributed by atoms with Crippen molar-refractivity contribution >= 4 is 0 Å². The van der Waals surface area contributed by atoms with Gasteiger partial charge in [-0.15, -0.1) is 0 Å². The van der Waals surface area contributed by atoms with Crippen LogP contribution in [0.5, 0.6) is 0 Å². The molecule has 0 aliphatic carbocycles. The Hall–Kier alpha value is -0.160. The molecule has 0 aromatic carbocycles. The fraction of sp³-hybridized carbons (Fsp3) is 1.00. The topological polar surface area (TPSA) is 44.7 Å². The Bertz CT molecular complexity index is 176. The zero-order valence-electron chi connectivity index (χ0n) is 9.42. The van der Waals surface area contributed by atoms with Crippen LogP contribution in [-0.4, -0.2) is 62.0 Å². The van der Waals surface area contributed by atoms with Gasteiger partial charge in [0.1, 0.15) is 5.60 Å². The van der Waals surface area contributed by atoms with E-state index < -0.39 is 5.60 Å². The van der Waals surface area contributed by atoms with Crippen molar-refractivity contribution in [1.82, 2.24) is 10.2 Å². The third-order valence-corrected chi connectivity index (χ3v) is 2.83. The zero-order chi connectivity index (χ0) is 10.6. The van der Waals surface area contributed by atoms with E-state index >= 15 is 0 Å². The molecule has 0 bridgehead atoms. The summed E-state index contributed by atoms with van der Waals surface area (Å²) in [5.74, 6) is 0. The van der Waals surface area contributed by atoms with E-state index in [1.165, 1.54) is 0 Å². The van der Waals surface area contributed by atoms with Crippen molar-refractivity contribution < 1.29 is 9.84 Å². The van der Waals surface area contributed by atoms with Crippen LogP contribution in [0, 0.1) is 0 Å². The van der Waals surface area contributed by atoms with Crippen LogP contribution < -0.4 is 5.32 Å². The molecule has 0 radical (unpaired) electrons. The lowest BCUT2D eigenvalue weighted by Crippen LogP contribution is -2.47. The van der Waals surface area contributed by atoms with Gasteiger partial charge in [0.2, 0.25) is 0 Å². The van der Waals surface area contributed by atoms with Crippen LogP contribution in [0.25, 0.3) is 0 Å². The molecular weight excluding hydrogens is 180 g/mol. The smallest absolute Gasteiger partial charge is 0.105 e. The Morgan fingerprint density at radius 1 is 1.57 bits per heavy atom. The van der Waals surface area contributed by atoms with Crippen molar-refractivity contribution in [3.8, 4) is 0 Å². The monoisotopic (exact) mass is 202 g/mol. The van der Waals surface area contributed by atoms with Crippen LogP contribution in [0.15, 0.2) is 0 Å². The molecule has 0 aromatic rings. The molecule has 0 spiro atoms. The second kappa shape index (κ2) is 5.07. The van der Waals surface area contributed by atoms with E-state index in [4.69, 9.17) is 4.74 Å². The maximum atomic E-state index is 10.1. The van der Waals surface area contributed by atoms with E-state index in [0.717, 1.165) is 19.5 Å². The van der Waals surface area contributed by atoms with Crippen LogP contribution >= 0.6 is 0 Å². The summed E-state index contributed by atoms with van der Waals surface area (Å²) in [7, 11) is 4.08. The van der Waals surface area contributed by atoms with Crippen molar-refractivity contribution in [2.75, 3.05) is 40.3 Å². The van der Waals surface area contributed by atoms with Gasteiger partial charge in [0.05, 0.1) is 6.10 Å². The molecule has 1 saturated heterocycles. The van der Waals surface area contributed by atoms with Crippen LogP contribution in [0.4, 0.5) is 0 Å². The molecule has 0 saturated carbocycles. The van der Waals surface area contributed by atoms with E-state index in [2.05, 4.69) is 10.2 Å². The molecule has 0 aromatic heterocycles. The van der Waals surface area contributed by atoms with Crippen molar-refractivity contribution in [2.24, 2.45) is 0 Å². The highest BCUT2D eigenvalue weighted by Crippen LogP contribution is 2.24. The fourth-order valence-electron chi connectivity index (χ4n) is 1.61. The molecular formula is C10H22N2O2. The highest BCUT2D eigenvalue weighted by Gasteiger charge is 2.38. The SMILES string of the molecule is CC1OCCC1(O)CNCCN(C)C. The molecule has 4 nitrogen and oxygen atoms in total. The van der Waals surface area contributed by atoms with Crippen LogP contribution in [-0.2, 0) is 4.74 Å². The summed E-state index contributed by atoms with van der Waals surface area (Å²) in [6.45, 7) is 5.13. The van der Waals surface area contributed by atoms with Gasteiger partial charge in [0.25, 0.3) is 0 Å². The van der Waals surface area contributed by atoms with Gasteiger partial charge in [-0.25, -0.2) is 0 Å². The Kier molecular flexibility index (Phi) is 4.31. The van der Waals surface area contributed by atoms with Crippen LogP contribution in [0.3, 0.4) is 0 Å². The van der Waals surface area contributed by atoms with E-state index in [1.807, 2.05) is 21.0 Å². The highest BCUT2D eigenvalue weighted by atomic mass is 16.5. The molecule has 2 N–H and O–H groups in total. The van der Waals surface area contributed by atoms with Gasteiger partial charge in [-0.3, -0.25) is 0 Å². The number of nitrogens with zero attached hydrogens (tertiary/aromatic N) is 1. The highest BCUT2D eigenvalue weighted by molar-refractivity contribution is 4.91. The van der Waals surface area contributed by atoms with Gasteiger partial charge < -0.3 is 20.1 Å². The standard InChI is InChI=1S/C10H22N2O2/c1-9-10(13,4-7-14-9)8-11-5-6-12(2)3/h9,11,13H,4-8H2,1-3H3. The zero-order valence-corrected chi connectivity index (χ0v) is 9.42. The molecule has 1 fully saturated rings. The minimum absolute atomic E-state index is 0.0469. The average molecular weight is 202 g/mol. The number of aliphatic hydroxyl groups is 1. The molecule has 1 rings (SSSR count). The third-order valence-electron chi connectivity index (χ3n) is 2.83. The molecule has 1 aliphatic rings. The molecule has 84 valence electrons. The third kappa shape index (κ3) is 3.20. The fourth-order valence-corrected chi connectivity index (χ4v) is 1.61. The Morgan fingerprint density at radius 2 is 2.29 bits per heavy atom. The summed E-state index contributed by atoms with van der Waals surface area (Å²) >= 11 is 0. The maximum absolute atomic E-state index is 10.1. The van der Waals surface area contributed by atoms with Gasteiger partial charge >= 0.3 is 0 Å². The van der Waals surface area contributed by atoms with Gasteiger partial charge in [-0.2, -0.15) is 0 Å². The first kappa shape index (κ1) is 11.9. The lowest BCUT2D eigenvalue weighted by Gasteiger charge is -2.26. The Morgan fingerprint density at radius 3 is 2.79 bits per heavy atom. The predicted octanol–water partition coefficient (Wildman–Crippen LogP) is -0.322. The molecule has 1 aliphatic heterocycles. The number of hydrogen-bond donors (Lipinski definition) is 2. The first-order chi connectivity index (χ1) is 6.54. The summed E-state index contributed by atoms with van der Waals surface area (Å²) in [4.78, 5) is 2.12. The summed E-state index contributed by atoms with van der Waals surface area (Å²) in [5.41, 5.74) is -0.660. The van der Waals surface area contributed by atoms with E-state index in [0.29, 0.717) is 13.2 Å². The second-order valence-electron chi connectivity index (χ2n) is 4.35. The average Bonchev–Trinajstić information content (AvgIpc) is 2.42. The summed E-state index contributed by atoms with van der Waals surface area (Å²) < 4.78 is 5.35. The Balaban J connectivity index is 2.17. The molecule has 1 heterocycles. The van der Waals surface area contributed by atoms with Crippen molar-refractivity contribution in [1.29, 1.82) is 0 Å². The van der Waals surface area contributed by atoms with Gasteiger partial charge in [0.15, 0.2) is 0 Å². The largest absolute Gasteiger partial charge is 0.386 e. The first-order valence-electron chi connectivity index (χ1n) is 5.24. The maximum Gasteiger partial charge on any atom is 0.105 e. The van der Waals surface area contributed by atoms with Crippen molar-refractivity contribution in [2.45, 2.75) is 25.0 Å². The molecule has 14 heavy (non-hydrogen) atoms. The van der Waals surface area contributed by atoms with Crippen molar-refractivity contribution in [3.63, 3.8) is 0 Å². The van der Waals surface area contributed by atoms with Crippen LogP contribution in [0.1, 0.15) is 13.3 Å². The van der Waals surface area contributed by atoms with E-state index in [9.17, 15) is 5.11 Å².